The average molecular weight is 230 g/mol. The molecular weight excluding hydrogens is 208 g/mol. The van der Waals surface area contributed by atoms with Gasteiger partial charge in [-0.15, -0.1) is 0 Å². The van der Waals surface area contributed by atoms with Gasteiger partial charge in [0.05, 0.1) is 0 Å². The minimum atomic E-state index is 0.308. The fraction of sp³-hybridized carbons (Fsp3) is 0.600. The first kappa shape index (κ1) is 11.2. The van der Waals surface area contributed by atoms with Gasteiger partial charge in [-0.05, 0) is 42.9 Å². The maximum absolute atomic E-state index is 5.99. The van der Waals surface area contributed by atoms with Gasteiger partial charge in [-0.25, -0.2) is 0 Å². The first-order valence-corrected chi connectivity index (χ1v) is 6.85. The molecule has 2 heteroatoms. The van der Waals surface area contributed by atoms with E-state index in [0.717, 1.165) is 19.6 Å². The Morgan fingerprint density at radius 1 is 1.35 bits per heavy atom. The molecule has 1 saturated carbocycles. The van der Waals surface area contributed by atoms with Crippen LogP contribution in [0.1, 0.15) is 42.7 Å². The number of benzene rings is 1. The molecule has 2 aliphatic rings. The van der Waals surface area contributed by atoms with Gasteiger partial charge in [-0.3, -0.25) is 0 Å². The van der Waals surface area contributed by atoms with Crippen LogP contribution in [0.25, 0.3) is 0 Å². The maximum atomic E-state index is 5.99. The third-order valence-corrected chi connectivity index (χ3v) is 4.73. The smallest absolute Gasteiger partial charge is 0.00756 e. The molecule has 0 spiro atoms. The van der Waals surface area contributed by atoms with Gasteiger partial charge in [0, 0.05) is 18.5 Å². The Bertz CT molecular complexity index is 384. The summed E-state index contributed by atoms with van der Waals surface area (Å²) in [5.74, 6) is 0.713. The van der Waals surface area contributed by atoms with E-state index in [4.69, 9.17) is 5.73 Å². The van der Waals surface area contributed by atoms with E-state index in [1.54, 1.807) is 0 Å². The van der Waals surface area contributed by atoms with Crippen LogP contribution in [-0.4, -0.2) is 19.6 Å². The van der Waals surface area contributed by atoms with Crippen molar-refractivity contribution in [1.82, 2.24) is 5.32 Å². The number of rotatable bonds is 3. The topological polar surface area (TPSA) is 38.0 Å². The van der Waals surface area contributed by atoms with Crippen molar-refractivity contribution in [2.24, 2.45) is 5.73 Å². The molecular formula is C15H22N2. The standard InChI is InChI=1S/C15H22N2/c16-11-15(6-2-7-15)14-4-1-3-12(9-14)13-5-8-17-10-13/h1,3-4,9,13,17H,2,5-8,10-11,16H2. The molecule has 2 fully saturated rings. The van der Waals surface area contributed by atoms with Gasteiger partial charge in [0.15, 0.2) is 0 Å². The van der Waals surface area contributed by atoms with E-state index in [9.17, 15) is 0 Å². The molecule has 1 aromatic carbocycles. The van der Waals surface area contributed by atoms with Gasteiger partial charge < -0.3 is 11.1 Å². The Labute approximate surface area is 104 Å². The van der Waals surface area contributed by atoms with Gasteiger partial charge in [0.2, 0.25) is 0 Å². The fourth-order valence-corrected chi connectivity index (χ4v) is 3.28. The van der Waals surface area contributed by atoms with Gasteiger partial charge in [0.25, 0.3) is 0 Å². The highest BCUT2D eigenvalue weighted by molar-refractivity contribution is 5.34. The molecule has 0 amide bonds. The second-order valence-electron chi connectivity index (χ2n) is 5.65. The van der Waals surface area contributed by atoms with Gasteiger partial charge in [-0.1, -0.05) is 30.7 Å². The van der Waals surface area contributed by atoms with Crippen molar-refractivity contribution >= 4 is 0 Å². The summed E-state index contributed by atoms with van der Waals surface area (Å²) in [6.45, 7) is 3.11. The summed E-state index contributed by atoms with van der Waals surface area (Å²) in [6, 6.07) is 9.20. The molecule has 3 rings (SSSR count). The first-order valence-electron chi connectivity index (χ1n) is 6.85. The molecule has 0 bridgehead atoms. The van der Waals surface area contributed by atoms with Crippen molar-refractivity contribution in [3.63, 3.8) is 0 Å². The van der Waals surface area contributed by atoms with E-state index in [0.29, 0.717) is 11.3 Å². The third-order valence-electron chi connectivity index (χ3n) is 4.73. The molecule has 1 aromatic rings. The van der Waals surface area contributed by atoms with Crippen molar-refractivity contribution in [3.8, 4) is 0 Å². The number of nitrogens with two attached hydrogens (primary N) is 1. The zero-order chi connectivity index (χ0) is 11.7. The molecule has 2 nitrogen and oxygen atoms in total. The highest BCUT2D eigenvalue weighted by Gasteiger charge is 2.37. The van der Waals surface area contributed by atoms with Crippen LogP contribution in [0.4, 0.5) is 0 Å². The summed E-state index contributed by atoms with van der Waals surface area (Å²) in [5, 5.41) is 3.45. The van der Waals surface area contributed by atoms with Crippen LogP contribution in [0.2, 0.25) is 0 Å². The SMILES string of the molecule is NCC1(c2cccc(C3CCNC3)c2)CCC1. The molecule has 1 saturated heterocycles. The van der Waals surface area contributed by atoms with E-state index >= 15 is 0 Å². The van der Waals surface area contributed by atoms with Crippen LogP contribution in [0.5, 0.6) is 0 Å². The molecule has 1 aliphatic carbocycles. The lowest BCUT2D eigenvalue weighted by molar-refractivity contribution is 0.253. The lowest BCUT2D eigenvalue weighted by atomic mass is 9.64. The van der Waals surface area contributed by atoms with E-state index in [2.05, 4.69) is 29.6 Å². The first-order chi connectivity index (χ1) is 8.34. The van der Waals surface area contributed by atoms with E-state index < -0.39 is 0 Å². The number of nitrogens with one attached hydrogen (secondary N) is 1. The van der Waals surface area contributed by atoms with Crippen LogP contribution in [-0.2, 0) is 5.41 Å². The Morgan fingerprint density at radius 2 is 2.24 bits per heavy atom. The largest absolute Gasteiger partial charge is 0.330 e. The summed E-state index contributed by atoms with van der Waals surface area (Å²) in [4.78, 5) is 0. The molecule has 3 N–H and O–H groups in total. The van der Waals surface area contributed by atoms with Gasteiger partial charge in [0.1, 0.15) is 0 Å². The Balaban J connectivity index is 1.88. The number of hydrogen-bond acceptors (Lipinski definition) is 2. The fourth-order valence-electron chi connectivity index (χ4n) is 3.28. The molecule has 0 aromatic heterocycles. The van der Waals surface area contributed by atoms with Crippen LogP contribution in [0.3, 0.4) is 0 Å². The molecule has 1 unspecified atom stereocenters. The third kappa shape index (κ3) is 1.90. The predicted octanol–water partition coefficient (Wildman–Crippen LogP) is 2.14. The molecule has 1 atom stereocenters. The van der Waals surface area contributed by atoms with E-state index in [1.165, 1.54) is 36.8 Å². The van der Waals surface area contributed by atoms with Crippen molar-refractivity contribution in [2.45, 2.75) is 37.0 Å². The van der Waals surface area contributed by atoms with Crippen LogP contribution >= 0.6 is 0 Å². The average Bonchev–Trinajstić information content (AvgIpc) is 2.82. The quantitative estimate of drug-likeness (QED) is 0.835. The normalized spacial score (nSPS) is 26.8. The maximum Gasteiger partial charge on any atom is 0.00756 e. The molecule has 1 aliphatic heterocycles. The number of hydrogen-bond donors (Lipinski definition) is 2. The minimum absolute atomic E-state index is 0.308. The molecule has 1 heterocycles. The molecule has 17 heavy (non-hydrogen) atoms. The van der Waals surface area contributed by atoms with Crippen molar-refractivity contribution in [2.75, 3.05) is 19.6 Å². The second kappa shape index (κ2) is 4.43. The molecule has 0 radical (unpaired) electrons. The Morgan fingerprint density at radius 3 is 2.82 bits per heavy atom. The summed E-state index contributed by atoms with van der Waals surface area (Å²) in [5.41, 5.74) is 9.29. The lowest BCUT2D eigenvalue weighted by Crippen LogP contribution is -2.41. The molecule has 92 valence electrons. The minimum Gasteiger partial charge on any atom is -0.330 e. The highest BCUT2D eigenvalue weighted by Crippen LogP contribution is 2.43. The van der Waals surface area contributed by atoms with Gasteiger partial charge in [-0.2, -0.15) is 0 Å². The van der Waals surface area contributed by atoms with Crippen LogP contribution < -0.4 is 11.1 Å². The lowest BCUT2D eigenvalue weighted by Gasteiger charge is -2.41. The predicted molar refractivity (Wildman–Crippen MR) is 71.3 cm³/mol. The summed E-state index contributed by atoms with van der Waals surface area (Å²) in [6.07, 6.45) is 5.16. The summed E-state index contributed by atoms with van der Waals surface area (Å²) >= 11 is 0. The van der Waals surface area contributed by atoms with Gasteiger partial charge >= 0.3 is 0 Å². The van der Waals surface area contributed by atoms with Crippen molar-refractivity contribution in [3.05, 3.63) is 35.4 Å². The monoisotopic (exact) mass is 230 g/mol. The van der Waals surface area contributed by atoms with Crippen molar-refractivity contribution < 1.29 is 0 Å². The van der Waals surface area contributed by atoms with Crippen LogP contribution in [0, 0.1) is 0 Å². The Kier molecular flexibility index (Phi) is 2.93. The van der Waals surface area contributed by atoms with Crippen molar-refractivity contribution in [1.29, 1.82) is 0 Å². The zero-order valence-electron chi connectivity index (χ0n) is 10.4. The summed E-state index contributed by atoms with van der Waals surface area (Å²) < 4.78 is 0. The van der Waals surface area contributed by atoms with Crippen LogP contribution in [0.15, 0.2) is 24.3 Å². The van der Waals surface area contributed by atoms with E-state index in [1.807, 2.05) is 0 Å². The zero-order valence-corrected chi connectivity index (χ0v) is 10.4. The second-order valence-corrected chi connectivity index (χ2v) is 5.65. The van der Waals surface area contributed by atoms with E-state index in [-0.39, 0.29) is 0 Å². The highest BCUT2D eigenvalue weighted by atomic mass is 14.9. The summed E-state index contributed by atoms with van der Waals surface area (Å²) in [7, 11) is 0. The Hall–Kier alpha value is -0.860.